The quantitative estimate of drug-likeness (QED) is 0.622. The Kier molecular flexibility index (Phi) is 5.12. The van der Waals surface area contributed by atoms with Gasteiger partial charge in [0.15, 0.2) is 5.78 Å². The lowest BCUT2D eigenvalue weighted by Gasteiger charge is -2.27. The van der Waals surface area contributed by atoms with Crippen molar-refractivity contribution in [1.82, 2.24) is 0 Å². The Bertz CT molecular complexity index is 912. The summed E-state index contributed by atoms with van der Waals surface area (Å²) in [5.41, 5.74) is 0.0938. The molecule has 0 aliphatic carbocycles. The van der Waals surface area contributed by atoms with E-state index in [1.54, 1.807) is 19.9 Å². The molecule has 2 aromatic rings. The number of hydrogen-bond acceptors (Lipinski definition) is 7. The van der Waals surface area contributed by atoms with Gasteiger partial charge in [-0.1, -0.05) is 6.07 Å². The molecule has 0 saturated carbocycles. The van der Waals surface area contributed by atoms with Crippen molar-refractivity contribution in [3.63, 3.8) is 0 Å². The van der Waals surface area contributed by atoms with Crippen molar-refractivity contribution in [3.05, 3.63) is 41.0 Å². The van der Waals surface area contributed by atoms with Gasteiger partial charge in [-0.3, -0.25) is 4.79 Å². The van der Waals surface area contributed by atoms with E-state index in [1.807, 2.05) is 0 Å². The van der Waals surface area contributed by atoms with Crippen molar-refractivity contribution in [3.8, 4) is 28.7 Å². The Morgan fingerprint density at radius 2 is 1.89 bits per heavy atom. The molecule has 0 fully saturated rings. The number of methoxy groups -OCH3 is 1. The molecule has 0 saturated heterocycles. The molecule has 0 spiro atoms. The summed E-state index contributed by atoms with van der Waals surface area (Å²) in [6, 6.07) is 5.45. The lowest BCUT2D eigenvalue weighted by molar-refractivity contribution is 0.0710. The summed E-state index contributed by atoms with van der Waals surface area (Å²) in [5, 5.41) is 40.0. The van der Waals surface area contributed by atoms with Gasteiger partial charge in [-0.15, -0.1) is 0 Å². The smallest absolute Gasteiger partial charge is 0.181 e. The molecule has 4 N–H and O–H groups in total. The molecule has 28 heavy (non-hydrogen) atoms. The number of phenolic OH excluding ortho intramolecular Hbond substituents is 3. The van der Waals surface area contributed by atoms with E-state index in [2.05, 4.69) is 0 Å². The molecular weight excluding hydrogens is 364 g/mol. The second kappa shape index (κ2) is 7.24. The van der Waals surface area contributed by atoms with Crippen LogP contribution in [0.15, 0.2) is 24.3 Å². The summed E-state index contributed by atoms with van der Waals surface area (Å²) in [7, 11) is 1.45. The van der Waals surface area contributed by atoms with Crippen LogP contribution in [0.1, 0.15) is 47.7 Å². The molecule has 150 valence electrons. The molecule has 0 amide bonds. The molecule has 7 heteroatoms. The number of carbonyl (C=O) groups excluding carboxylic acids is 1. The zero-order valence-corrected chi connectivity index (χ0v) is 16.0. The normalized spacial score (nSPS) is 16.4. The maximum Gasteiger partial charge on any atom is 0.181 e. The van der Waals surface area contributed by atoms with Crippen molar-refractivity contribution >= 4 is 5.78 Å². The van der Waals surface area contributed by atoms with Crippen LogP contribution in [-0.4, -0.2) is 45.5 Å². The van der Waals surface area contributed by atoms with Gasteiger partial charge in [-0.05, 0) is 32.8 Å². The van der Waals surface area contributed by atoms with Gasteiger partial charge < -0.3 is 29.9 Å². The van der Waals surface area contributed by atoms with E-state index in [0.29, 0.717) is 29.7 Å². The second-order valence-electron chi connectivity index (χ2n) is 7.56. The van der Waals surface area contributed by atoms with Crippen LogP contribution in [0.2, 0.25) is 0 Å². The summed E-state index contributed by atoms with van der Waals surface area (Å²) >= 11 is 0. The Balaban J connectivity index is 2.03. The van der Waals surface area contributed by atoms with Crippen LogP contribution in [0, 0.1) is 0 Å². The first-order valence-electron chi connectivity index (χ1n) is 8.96. The first-order valence-corrected chi connectivity index (χ1v) is 8.96. The molecule has 0 unspecified atom stereocenters. The SMILES string of the molecule is COc1c([C@H]2COc3cc(O)cc(O)c3C2=O)ccc(O)c1CCC(C)(C)O. The van der Waals surface area contributed by atoms with E-state index >= 15 is 0 Å². The number of ether oxygens (including phenoxy) is 2. The number of aliphatic hydroxyl groups is 1. The predicted octanol–water partition coefficient (Wildman–Crippen LogP) is 2.87. The van der Waals surface area contributed by atoms with Crippen LogP contribution in [0.5, 0.6) is 28.7 Å². The molecule has 1 atom stereocenters. The third-order valence-corrected chi connectivity index (χ3v) is 4.87. The molecule has 0 radical (unpaired) electrons. The minimum absolute atomic E-state index is 0.000789. The maximum absolute atomic E-state index is 13.1. The first-order chi connectivity index (χ1) is 13.1. The highest BCUT2D eigenvalue weighted by atomic mass is 16.5. The molecule has 3 rings (SSSR count). The van der Waals surface area contributed by atoms with Gasteiger partial charge in [-0.25, -0.2) is 0 Å². The number of phenols is 3. The molecule has 1 aliphatic rings. The average molecular weight is 388 g/mol. The molecule has 0 aromatic heterocycles. The van der Waals surface area contributed by atoms with E-state index in [9.17, 15) is 25.2 Å². The third kappa shape index (κ3) is 3.71. The van der Waals surface area contributed by atoms with Crippen LogP contribution < -0.4 is 9.47 Å². The summed E-state index contributed by atoms with van der Waals surface area (Å²) in [6.45, 7) is 3.35. The van der Waals surface area contributed by atoms with Gasteiger partial charge in [0.25, 0.3) is 0 Å². The number of aromatic hydroxyl groups is 3. The van der Waals surface area contributed by atoms with E-state index in [0.717, 1.165) is 6.07 Å². The fourth-order valence-electron chi connectivity index (χ4n) is 3.43. The predicted molar refractivity (Wildman–Crippen MR) is 102 cm³/mol. The molecular formula is C21H24O7. The number of carbonyl (C=O) groups is 1. The molecule has 2 aromatic carbocycles. The Morgan fingerprint density at radius 1 is 1.18 bits per heavy atom. The molecule has 1 aliphatic heterocycles. The monoisotopic (exact) mass is 388 g/mol. The summed E-state index contributed by atoms with van der Waals surface area (Å²) in [4.78, 5) is 13.1. The van der Waals surface area contributed by atoms with Gasteiger partial charge in [0, 0.05) is 23.3 Å². The molecule has 7 nitrogen and oxygen atoms in total. The van der Waals surface area contributed by atoms with Crippen LogP contribution in [0.3, 0.4) is 0 Å². The maximum atomic E-state index is 13.1. The number of fused-ring (bicyclic) bond motifs is 1. The summed E-state index contributed by atoms with van der Waals surface area (Å²) in [5.74, 6) is -1.17. The molecule has 0 bridgehead atoms. The van der Waals surface area contributed by atoms with Crippen molar-refractivity contribution in [2.45, 2.75) is 38.2 Å². The lowest BCUT2D eigenvalue weighted by Crippen LogP contribution is -2.27. The zero-order chi connectivity index (χ0) is 20.6. The molecule has 1 heterocycles. The second-order valence-corrected chi connectivity index (χ2v) is 7.56. The number of Topliss-reactive ketones (excluding diaryl/α,β-unsaturated/α-hetero) is 1. The highest BCUT2D eigenvalue weighted by Gasteiger charge is 2.35. The highest BCUT2D eigenvalue weighted by Crippen LogP contribution is 2.44. The van der Waals surface area contributed by atoms with E-state index in [1.165, 1.54) is 19.2 Å². The fourth-order valence-corrected chi connectivity index (χ4v) is 3.43. The highest BCUT2D eigenvalue weighted by molar-refractivity contribution is 6.07. The van der Waals surface area contributed by atoms with E-state index in [4.69, 9.17) is 9.47 Å². The summed E-state index contributed by atoms with van der Waals surface area (Å²) < 4.78 is 11.1. The number of hydrogen-bond donors (Lipinski definition) is 4. The fraction of sp³-hybridized carbons (Fsp3) is 0.381. The van der Waals surface area contributed by atoms with Crippen LogP contribution in [0.4, 0.5) is 0 Å². The topological polar surface area (TPSA) is 116 Å². The van der Waals surface area contributed by atoms with Crippen LogP contribution >= 0.6 is 0 Å². The number of ketones is 1. The standard InChI is InChI=1S/C21H24O7/c1-21(2,26)7-6-13-15(23)5-4-12(20(13)27-3)14-10-28-17-9-11(22)8-16(24)18(17)19(14)25/h4-5,8-9,14,22-24,26H,6-7,10H2,1-3H3/t14-/m1/s1. The van der Waals surface area contributed by atoms with Crippen LogP contribution in [-0.2, 0) is 6.42 Å². The first kappa shape index (κ1) is 19.8. The van der Waals surface area contributed by atoms with E-state index in [-0.39, 0.29) is 41.0 Å². The van der Waals surface area contributed by atoms with Crippen LogP contribution in [0.25, 0.3) is 0 Å². The largest absolute Gasteiger partial charge is 0.508 e. The van der Waals surface area contributed by atoms with E-state index < -0.39 is 11.5 Å². The Morgan fingerprint density at radius 3 is 2.54 bits per heavy atom. The van der Waals surface area contributed by atoms with Crippen molar-refractivity contribution in [1.29, 1.82) is 0 Å². The van der Waals surface area contributed by atoms with Gasteiger partial charge >= 0.3 is 0 Å². The number of benzene rings is 2. The Hall–Kier alpha value is -2.93. The zero-order valence-electron chi connectivity index (χ0n) is 16.0. The van der Waals surface area contributed by atoms with Crippen molar-refractivity contribution in [2.75, 3.05) is 13.7 Å². The average Bonchev–Trinajstić information content (AvgIpc) is 2.59. The van der Waals surface area contributed by atoms with Crippen molar-refractivity contribution in [2.24, 2.45) is 0 Å². The van der Waals surface area contributed by atoms with Gasteiger partial charge in [-0.2, -0.15) is 0 Å². The minimum atomic E-state index is -0.927. The summed E-state index contributed by atoms with van der Waals surface area (Å²) in [6.07, 6.45) is 0.738. The van der Waals surface area contributed by atoms with Gasteiger partial charge in [0.2, 0.25) is 0 Å². The van der Waals surface area contributed by atoms with Gasteiger partial charge in [0.1, 0.15) is 40.9 Å². The van der Waals surface area contributed by atoms with Gasteiger partial charge in [0.05, 0.1) is 18.6 Å². The Labute approximate surface area is 162 Å². The lowest BCUT2D eigenvalue weighted by atomic mass is 9.85. The van der Waals surface area contributed by atoms with Crippen molar-refractivity contribution < 1.29 is 34.7 Å². The minimum Gasteiger partial charge on any atom is -0.508 e. The third-order valence-electron chi connectivity index (χ3n) is 4.87. The number of rotatable bonds is 5.